The van der Waals surface area contributed by atoms with E-state index in [0.29, 0.717) is 5.92 Å². The molecule has 1 fully saturated rings. The maximum absolute atomic E-state index is 10.9. The Balaban J connectivity index is 2.38. The average molecular weight is 194 g/mol. The van der Waals surface area contributed by atoms with Crippen molar-refractivity contribution in [2.75, 3.05) is 0 Å². The van der Waals surface area contributed by atoms with Gasteiger partial charge >= 0.3 is 5.97 Å². The van der Waals surface area contributed by atoms with E-state index in [0.717, 1.165) is 24.1 Å². The Morgan fingerprint density at radius 3 is 2.71 bits per heavy atom. The standard InChI is InChI=1S/C10H14N2O2/c1-6-8(7-4-2-3-5-7)9(10(13)14)12-11-6/h7H,2-5H2,1H3,(H,11,12)(H,13,14). The van der Waals surface area contributed by atoms with Crippen molar-refractivity contribution in [1.29, 1.82) is 0 Å². The summed E-state index contributed by atoms with van der Waals surface area (Å²) in [6.45, 7) is 1.90. The molecule has 4 heteroatoms. The van der Waals surface area contributed by atoms with Gasteiger partial charge in [-0.1, -0.05) is 12.8 Å². The van der Waals surface area contributed by atoms with E-state index in [4.69, 9.17) is 5.11 Å². The van der Waals surface area contributed by atoms with Gasteiger partial charge in [0, 0.05) is 11.3 Å². The lowest BCUT2D eigenvalue weighted by Crippen LogP contribution is -2.04. The molecule has 0 amide bonds. The highest BCUT2D eigenvalue weighted by Crippen LogP contribution is 2.36. The predicted octanol–water partition coefficient (Wildman–Crippen LogP) is 2.07. The van der Waals surface area contributed by atoms with E-state index in [-0.39, 0.29) is 5.69 Å². The van der Waals surface area contributed by atoms with Crippen molar-refractivity contribution in [1.82, 2.24) is 10.2 Å². The molecule has 1 heterocycles. The molecular formula is C10H14N2O2. The molecule has 0 aliphatic heterocycles. The summed E-state index contributed by atoms with van der Waals surface area (Å²) in [4.78, 5) is 10.9. The van der Waals surface area contributed by atoms with Crippen molar-refractivity contribution >= 4 is 5.97 Å². The van der Waals surface area contributed by atoms with Gasteiger partial charge in [-0.2, -0.15) is 5.10 Å². The van der Waals surface area contributed by atoms with E-state index < -0.39 is 5.97 Å². The maximum atomic E-state index is 10.9. The molecule has 0 spiro atoms. The number of aromatic nitrogens is 2. The Bertz CT molecular complexity index is 351. The summed E-state index contributed by atoms with van der Waals surface area (Å²) < 4.78 is 0. The second-order valence-electron chi connectivity index (χ2n) is 3.90. The van der Waals surface area contributed by atoms with E-state index in [9.17, 15) is 4.79 Å². The Hall–Kier alpha value is -1.32. The number of nitrogens with zero attached hydrogens (tertiary/aromatic N) is 1. The van der Waals surface area contributed by atoms with Crippen molar-refractivity contribution in [3.05, 3.63) is 17.0 Å². The van der Waals surface area contributed by atoms with Gasteiger partial charge in [-0.3, -0.25) is 5.10 Å². The number of aromatic amines is 1. The number of rotatable bonds is 2. The number of hydrogen-bond donors (Lipinski definition) is 2. The van der Waals surface area contributed by atoms with Crippen LogP contribution < -0.4 is 0 Å². The first-order valence-corrected chi connectivity index (χ1v) is 4.98. The van der Waals surface area contributed by atoms with Crippen LogP contribution in [-0.2, 0) is 0 Å². The van der Waals surface area contributed by atoms with Crippen molar-refractivity contribution in [3.63, 3.8) is 0 Å². The molecule has 4 nitrogen and oxygen atoms in total. The normalized spacial score (nSPS) is 17.5. The Morgan fingerprint density at radius 2 is 2.14 bits per heavy atom. The molecule has 0 saturated heterocycles. The summed E-state index contributed by atoms with van der Waals surface area (Å²) in [5.41, 5.74) is 2.05. The van der Waals surface area contributed by atoms with Crippen LogP contribution in [0.25, 0.3) is 0 Å². The zero-order valence-corrected chi connectivity index (χ0v) is 8.21. The molecule has 0 aromatic carbocycles. The Morgan fingerprint density at radius 1 is 1.50 bits per heavy atom. The number of carbonyl (C=O) groups is 1. The highest BCUT2D eigenvalue weighted by molar-refractivity contribution is 5.87. The van der Waals surface area contributed by atoms with Crippen LogP contribution in [0.2, 0.25) is 0 Å². The van der Waals surface area contributed by atoms with Crippen molar-refractivity contribution in [2.24, 2.45) is 0 Å². The highest BCUT2D eigenvalue weighted by atomic mass is 16.4. The zero-order valence-electron chi connectivity index (χ0n) is 8.21. The third-order valence-corrected chi connectivity index (χ3v) is 2.96. The number of nitrogens with one attached hydrogen (secondary N) is 1. The zero-order chi connectivity index (χ0) is 10.1. The third kappa shape index (κ3) is 1.41. The van der Waals surface area contributed by atoms with Gasteiger partial charge in [0.2, 0.25) is 0 Å². The first-order chi connectivity index (χ1) is 6.70. The summed E-state index contributed by atoms with van der Waals surface area (Å²) in [5, 5.41) is 15.6. The van der Waals surface area contributed by atoms with Crippen molar-refractivity contribution < 1.29 is 9.90 Å². The number of carboxylic acids is 1. The summed E-state index contributed by atoms with van der Waals surface area (Å²) >= 11 is 0. The van der Waals surface area contributed by atoms with Gasteiger partial charge in [-0.25, -0.2) is 4.79 Å². The van der Waals surface area contributed by atoms with Crippen LogP contribution in [0.15, 0.2) is 0 Å². The second kappa shape index (κ2) is 3.44. The molecule has 1 saturated carbocycles. The molecule has 76 valence electrons. The van der Waals surface area contributed by atoms with Crippen LogP contribution in [0, 0.1) is 6.92 Å². The lowest BCUT2D eigenvalue weighted by Gasteiger charge is -2.08. The number of carboxylic acid groups (broad SMARTS) is 1. The summed E-state index contributed by atoms with van der Waals surface area (Å²) in [6.07, 6.45) is 4.60. The second-order valence-corrected chi connectivity index (χ2v) is 3.90. The van der Waals surface area contributed by atoms with E-state index in [1.165, 1.54) is 12.8 Å². The van der Waals surface area contributed by atoms with E-state index in [2.05, 4.69) is 10.2 Å². The summed E-state index contributed by atoms with van der Waals surface area (Å²) in [7, 11) is 0. The van der Waals surface area contributed by atoms with Gasteiger partial charge < -0.3 is 5.11 Å². The van der Waals surface area contributed by atoms with Crippen LogP contribution in [0.4, 0.5) is 0 Å². The van der Waals surface area contributed by atoms with Crippen molar-refractivity contribution in [3.8, 4) is 0 Å². The van der Waals surface area contributed by atoms with Gasteiger partial charge in [-0.15, -0.1) is 0 Å². The molecule has 0 unspecified atom stereocenters. The Kier molecular flexibility index (Phi) is 2.27. The number of hydrogen-bond acceptors (Lipinski definition) is 2. The van der Waals surface area contributed by atoms with Crippen LogP contribution in [0.3, 0.4) is 0 Å². The van der Waals surface area contributed by atoms with Gasteiger partial charge in [0.1, 0.15) is 0 Å². The van der Waals surface area contributed by atoms with Crippen LogP contribution in [-0.4, -0.2) is 21.3 Å². The third-order valence-electron chi connectivity index (χ3n) is 2.96. The lowest BCUT2D eigenvalue weighted by atomic mass is 9.95. The molecule has 2 N–H and O–H groups in total. The summed E-state index contributed by atoms with van der Waals surface area (Å²) in [5.74, 6) is -0.517. The smallest absolute Gasteiger partial charge is 0.356 e. The molecule has 0 bridgehead atoms. The van der Waals surface area contributed by atoms with Gasteiger partial charge in [0.25, 0.3) is 0 Å². The topological polar surface area (TPSA) is 66.0 Å². The molecule has 2 rings (SSSR count). The molecule has 1 aromatic rings. The van der Waals surface area contributed by atoms with Gasteiger partial charge in [0.05, 0.1) is 0 Å². The minimum absolute atomic E-state index is 0.217. The number of H-pyrrole nitrogens is 1. The number of aromatic carboxylic acids is 1. The van der Waals surface area contributed by atoms with E-state index in [1.807, 2.05) is 6.92 Å². The van der Waals surface area contributed by atoms with Crippen LogP contribution >= 0.6 is 0 Å². The minimum Gasteiger partial charge on any atom is -0.476 e. The first-order valence-electron chi connectivity index (χ1n) is 4.98. The monoisotopic (exact) mass is 194 g/mol. The predicted molar refractivity (Wildman–Crippen MR) is 51.5 cm³/mol. The van der Waals surface area contributed by atoms with E-state index >= 15 is 0 Å². The highest BCUT2D eigenvalue weighted by Gasteiger charge is 2.26. The molecule has 1 aromatic heterocycles. The number of aryl methyl sites for hydroxylation is 1. The Labute approximate surface area is 82.3 Å². The minimum atomic E-state index is -0.920. The molecule has 0 radical (unpaired) electrons. The average Bonchev–Trinajstić information content (AvgIpc) is 2.71. The maximum Gasteiger partial charge on any atom is 0.356 e. The molecule has 0 atom stereocenters. The fourth-order valence-corrected chi connectivity index (χ4v) is 2.31. The fraction of sp³-hybridized carbons (Fsp3) is 0.600. The molecular weight excluding hydrogens is 180 g/mol. The van der Waals surface area contributed by atoms with Crippen LogP contribution in [0.1, 0.15) is 53.3 Å². The molecule has 1 aliphatic rings. The molecule has 14 heavy (non-hydrogen) atoms. The van der Waals surface area contributed by atoms with Crippen LogP contribution in [0.5, 0.6) is 0 Å². The fourth-order valence-electron chi connectivity index (χ4n) is 2.31. The van der Waals surface area contributed by atoms with Gasteiger partial charge in [0.15, 0.2) is 5.69 Å². The largest absolute Gasteiger partial charge is 0.476 e. The quantitative estimate of drug-likeness (QED) is 0.757. The van der Waals surface area contributed by atoms with Gasteiger partial charge in [-0.05, 0) is 25.7 Å². The van der Waals surface area contributed by atoms with E-state index in [1.54, 1.807) is 0 Å². The van der Waals surface area contributed by atoms with Crippen molar-refractivity contribution in [2.45, 2.75) is 38.5 Å². The summed E-state index contributed by atoms with van der Waals surface area (Å²) in [6, 6.07) is 0. The first kappa shape index (κ1) is 9.24. The molecule has 1 aliphatic carbocycles. The lowest BCUT2D eigenvalue weighted by molar-refractivity contribution is 0.0688. The SMILES string of the molecule is Cc1[nH]nc(C(=O)O)c1C1CCCC1.